The third kappa shape index (κ3) is 1.46. The Labute approximate surface area is 84.9 Å². The van der Waals surface area contributed by atoms with Crippen LogP contribution >= 0.6 is 0 Å². The van der Waals surface area contributed by atoms with Crippen LogP contribution in [-0.2, 0) is 14.3 Å². The number of carbonyl (C=O) groups is 2. The van der Waals surface area contributed by atoms with Gasteiger partial charge < -0.3 is 14.9 Å². The average molecular weight is 208 g/mol. The molecule has 0 spiro atoms. The molecule has 0 aliphatic carbocycles. The molecular formula is C10H8O5. The largest absolute Gasteiger partial charge is 0.479 e. The van der Waals surface area contributed by atoms with Gasteiger partial charge in [0.2, 0.25) is 0 Å². The van der Waals surface area contributed by atoms with Gasteiger partial charge in [0.25, 0.3) is 0 Å². The second-order valence-electron chi connectivity index (χ2n) is 3.20. The average Bonchev–Trinajstić information content (AvgIpc) is 2.56. The summed E-state index contributed by atoms with van der Waals surface area (Å²) in [4.78, 5) is 21.6. The smallest absolute Gasteiger partial charge is 0.337 e. The van der Waals surface area contributed by atoms with E-state index in [0.29, 0.717) is 11.1 Å². The highest BCUT2D eigenvalue weighted by molar-refractivity contribution is 5.82. The van der Waals surface area contributed by atoms with Crippen LogP contribution in [0.2, 0.25) is 0 Å². The summed E-state index contributed by atoms with van der Waals surface area (Å²) in [5.41, 5.74) is 0.829. The highest BCUT2D eigenvalue weighted by Crippen LogP contribution is 2.38. The van der Waals surface area contributed by atoms with Crippen LogP contribution in [-0.4, -0.2) is 22.2 Å². The molecule has 0 amide bonds. The number of ether oxygens (including phenoxy) is 1. The van der Waals surface area contributed by atoms with Crippen LogP contribution in [0.3, 0.4) is 0 Å². The molecule has 1 aliphatic rings. The molecule has 1 aliphatic heterocycles. The molecule has 0 aromatic heterocycles. The van der Waals surface area contributed by atoms with Crippen LogP contribution in [0.4, 0.5) is 0 Å². The van der Waals surface area contributed by atoms with E-state index < -0.39 is 24.1 Å². The Morgan fingerprint density at radius 3 is 1.73 bits per heavy atom. The highest BCUT2D eigenvalue weighted by atomic mass is 16.5. The molecule has 5 nitrogen and oxygen atoms in total. The monoisotopic (exact) mass is 208 g/mol. The van der Waals surface area contributed by atoms with E-state index in [2.05, 4.69) is 0 Å². The summed E-state index contributed by atoms with van der Waals surface area (Å²) in [7, 11) is 0. The van der Waals surface area contributed by atoms with E-state index in [4.69, 9.17) is 14.9 Å². The first-order valence-electron chi connectivity index (χ1n) is 4.31. The molecule has 2 atom stereocenters. The summed E-state index contributed by atoms with van der Waals surface area (Å²) >= 11 is 0. The van der Waals surface area contributed by atoms with Crippen molar-refractivity contribution < 1.29 is 24.5 Å². The van der Waals surface area contributed by atoms with E-state index in [1.807, 2.05) is 0 Å². The fourth-order valence-corrected chi connectivity index (χ4v) is 1.65. The van der Waals surface area contributed by atoms with E-state index >= 15 is 0 Å². The van der Waals surface area contributed by atoms with Crippen molar-refractivity contribution in [3.63, 3.8) is 0 Å². The third-order valence-electron chi connectivity index (χ3n) is 2.28. The molecule has 0 bridgehead atoms. The minimum Gasteiger partial charge on any atom is -0.479 e. The van der Waals surface area contributed by atoms with Gasteiger partial charge in [-0.2, -0.15) is 0 Å². The molecular weight excluding hydrogens is 200 g/mol. The molecule has 5 heteroatoms. The van der Waals surface area contributed by atoms with Crippen molar-refractivity contribution in [2.45, 2.75) is 12.2 Å². The molecule has 0 fully saturated rings. The van der Waals surface area contributed by atoms with Crippen molar-refractivity contribution in [1.29, 1.82) is 0 Å². The number of fused-ring (bicyclic) bond motifs is 1. The predicted octanol–water partition coefficient (Wildman–Crippen LogP) is 0.968. The summed E-state index contributed by atoms with van der Waals surface area (Å²) in [6, 6.07) is 6.44. The molecule has 1 aromatic rings. The minimum absolute atomic E-state index is 0.414. The lowest BCUT2D eigenvalue weighted by Crippen LogP contribution is -2.14. The molecule has 2 N–H and O–H groups in total. The Balaban J connectivity index is 2.48. The Hall–Kier alpha value is -1.88. The number of benzene rings is 1. The van der Waals surface area contributed by atoms with Crippen molar-refractivity contribution >= 4 is 11.9 Å². The Morgan fingerprint density at radius 1 is 1.00 bits per heavy atom. The zero-order valence-corrected chi connectivity index (χ0v) is 7.58. The molecule has 0 radical (unpaired) electrons. The maximum atomic E-state index is 10.8. The number of hydrogen-bond donors (Lipinski definition) is 2. The number of carboxylic acids is 2. The Kier molecular flexibility index (Phi) is 2.17. The van der Waals surface area contributed by atoms with Crippen molar-refractivity contribution in [2.75, 3.05) is 0 Å². The van der Waals surface area contributed by atoms with Crippen LogP contribution in [0, 0.1) is 0 Å². The van der Waals surface area contributed by atoms with Gasteiger partial charge in [0.1, 0.15) is 0 Å². The van der Waals surface area contributed by atoms with Crippen LogP contribution < -0.4 is 0 Å². The van der Waals surface area contributed by atoms with Gasteiger partial charge in [-0.1, -0.05) is 24.3 Å². The topological polar surface area (TPSA) is 83.8 Å². The summed E-state index contributed by atoms with van der Waals surface area (Å²) in [5.74, 6) is -2.35. The molecule has 15 heavy (non-hydrogen) atoms. The van der Waals surface area contributed by atoms with Crippen LogP contribution in [0.5, 0.6) is 0 Å². The summed E-state index contributed by atoms with van der Waals surface area (Å²) in [5, 5.41) is 17.7. The van der Waals surface area contributed by atoms with Crippen LogP contribution in [0.1, 0.15) is 23.3 Å². The molecule has 1 aromatic carbocycles. The van der Waals surface area contributed by atoms with E-state index in [0.717, 1.165) is 0 Å². The Bertz CT molecular complexity index is 387. The highest BCUT2D eigenvalue weighted by Gasteiger charge is 2.39. The van der Waals surface area contributed by atoms with Gasteiger partial charge in [-0.25, -0.2) is 9.59 Å². The SMILES string of the molecule is O=C(O)[C@H]1O[C@@H](C(=O)O)c2ccccc21. The number of carboxylic acid groups (broad SMARTS) is 2. The first kappa shape index (κ1) is 9.67. The van der Waals surface area contributed by atoms with E-state index in [-0.39, 0.29) is 0 Å². The number of rotatable bonds is 2. The van der Waals surface area contributed by atoms with Gasteiger partial charge in [0, 0.05) is 0 Å². The van der Waals surface area contributed by atoms with Crippen molar-refractivity contribution in [3.05, 3.63) is 35.4 Å². The van der Waals surface area contributed by atoms with Gasteiger partial charge in [-0.15, -0.1) is 0 Å². The Morgan fingerprint density at radius 2 is 1.40 bits per heavy atom. The lowest BCUT2D eigenvalue weighted by Gasteiger charge is -2.06. The van der Waals surface area contributed by atoms with Crippen LogP contribution in [0.15, 0.2) is 24.3 Å². The lowest BCUT2D eigenvalue weighted by atomic mass is 10.0. The summed E-state index contributed by atoms with van der Waals surface area (Å²) in [6.07, 6.45) is -2.36. The maximum Gasteiger partial charge on any atom is 0.337 e. The fourth-order valence-electron chi connectivity index (χ4n) is 1.65. The van der Waals surface area contributed by atoms with Crippen molar-refractivity contribution in [2.24, 2.45) is 0 Å². The molecule has 2 rings (SSSR count). The van der Waals surface area contributed by atoms with Crippen molar-refractivity contribution in [3.8, 4) is 0 Å². The van der Waals surface area contributed by atoms with E-state index in [1.54, 1.807) is 24.3 Å². The van der Waals surface area contributed by atoms with Crippen molar-refractivity contribution in [1.82, 2.24) is 0 Å². The zero-order chi connectivity index (χ0) is 11.0. The summed E-state index contributed by atoms with van der Waals surface area (Å²) in [6.45, 7) is 0. The van der Waals surface area contributed by atoms with Gasteiger partial charge in [0.05, 0.1) is 0 Å². The second-order valence-corrected chi connectivity index (χ2v) is 3.20. The quantitative estimate of drug-likeness (QED) is 0.756. The first-order chi connectivity index (χ1) is 7.11. The van der Waals surface area contributed by atoms with E-state index in [9.17, 15) is 9.59 Å². The molecule has 1 heterocycles. The number of aliphatic carboxylic acids is 2. The molecule has 0 saturated heterocycles. The van der Waals surface area contributed by atoms with Gasteiger partial charge in [-0.05, 0) is 11.1 Å². The predicted molar refractivity (Wildman–Crippen MR) is 48.3 cm³/mol. The minimum atomic E-state index is -1.18. The van der Waals surface area contributed by atoms with Crippen LogP contribution in [0.25, 0.3) is 0 Å². The lowest BCUT2D eigenvalue weighted by molar-refractivity contribution is -0.162. The zero-order valence-electron chi connectivity index (χ0n) is 7.58. The fraction of sp³-hybridized carbons (Fsp3) is 0.200. The summed E-state index contributed by atoms with van der Waals surface area (Å²) < 4.78 is 4.96. The second kappa shape index (κ2) is 3.36. The number of hydrogen-bond acceptors (Lipinski definition) is 3. The maximum absolute atomic E-state index is 10.8. The van der Waals surface area contributed by atoms with E-state index in [1.165, 1.54) is 0 Å². The molecule has 0 saturated carbocycles. The van der Waals surface area contributed by atoms with Gasteiger partial charge in [-0.3, -0.25) is 0 Å². The van der Waals surface area contributed by atoms with Gasteiger partial charge >= 0.3 is 11.9 Å². The standard InChI is InChI=1S/C10H8O5/c11-9(12)7-5-3-1-2-4-6(5)8(15-7)10(13)14/h1-4,7-8H,(H,11,12)(H,13,14)/t7-,8+. The van der Waals surface area contributed by atoms with Gasteiger partial charge in [0.15, 0.2) is 12.2 Å². The normalized spacial score (nSPS) is 23.5. The molecule has 0 unspecified atom stereocenters. The molecule has 78 valence electrons. The third-order valence-corrected chi connectivity index (χ3v) is 2.28. The first-order valence-corrected chi connectivity index (χ1v) is 4.31.